The molecule has 22 heteroatoms. The molecule has 0 spiro atoms. The molecule has 0 bridgehead atoms. The number of nitrogens with two attached hydrogens (primary N) is 3. The second-order valence-corrected chi connectivity index (χ2v) is 15.7. The summed E-state index contributed by atoms with van der Waals surface area (Å²) in [4.78, 5) is 68.1. The average molecular weight is 849 g/mol. The summed E-state index contributed by atoms with van der Waals surface area (Å²) in [5.41, 5.74) is 1.59. The van der Waals surface area contributed by atoms with Crippen molar-refractivity contribution in [2.45, 2.75) is 57.7 Å². The van der Waals surface area contributed by atoms with Gasteiger partial charge in [0.05, 0.1) is 84.7 Å². The summed E-state index contributed by atoms with van der Waals surface area (Å²) in [6.45, 7) is 3.86. The zero-order chi connectivity index (χ0) is 42.4. The number of benzene rings is 1. The van der Waals surface area contributed by atoms with Crippen LogP contribution < -0.4 is 39.0 Å². The maximum atomic E-state index is 13.8. The van der Waals surface area contributed by atoms with Gasteiger partial charge >= 0.3 is 7.60 Å². The Morgan fingerprint density at radius 2 is 1.19 bits per heavy atom. The van der Waals surface area contributed by atoms with Gasteiger partial charge in [-0.25, -0.2) is 17.7 Å². The number of hydrogen-bond acceptors (Lipinski definition) is 17. The van der Waals surface area contributed by atoms with Crippen LogP contribution in [0.2, 0.25) is 0 Å². The predicted octanol–water partition coefficient (Wildman–Crippen LogP) is -0.980. The third-order valence-corrected chi connectivity index (χ3v) is 11.0. The minimum atomic E-state index is -3.10. The summed E-state index contributed by atoms with van der Waals surface area (Å²) >= 11 is 0. The summed E-state index contributed by atoms with van der Waals surface area (Å²) in [6.07, 6.45) is 2.69. The fourth-order valence-corrected chi connectivity index (χ4v) is 7.07. The van der Waals surface area contributed by atoms with Gasteiger partial charge in [-0.15, -0.1) is 0 Å². The highest BCUT2D eigenvalue weighted by Crippen LogP contribution is 2.50. The number of amides is 4. The first-order valence-electron chi connectivity index (χ1n) is 19.5. The molecule has 0 aromatic heterocycles. The molecule has 4 amide bonds. The highest BCUT2D eigenvalue weighted by Gasteiger charge is 2.32. The molecule has 1 aliphatic carbocycles. The van der Waals surface area contributed by atoms with E-state index in [0.717, 1.165) is 11.1 Å². The van der Waals surface area contributed by atoms with E-state index in [1.165, 1.54) is 12.0 Å². The van der Waals surface area contributed by atoms with Gasteiger partial charge in [-0.3, -0.25) is 28.6 Å². The molecule has 58 heavy (non-hydrogen) atoms. The first-order valence-corrected chi connectivity index (χ1v) is 21.2. The van der Waals surface area contributed by atoms with Crippen molar-refractivity contribution in [3.63, 3.8) is 0 Å². The SMILES string of the molecule is CCP(=O)(OC)O[C@H]1CC[C@@H](C(=O)NCc2ccc(C[C@@H](C(=O)NCCOCCON)N(CC(=O)NCCOCCON)CC(=O)NCCOCCON)cc2)CC1. The molecule has 1 fully saturated rings. The van der Waals surface area contributed by atoms with E-state index in [-0.39, 0.29) is 117 Å². The molecular formula is C36H65N8O13P. The number of carbonyl (C=O) groups excluding carboxylic acids is 4. The van der Waals surface area contributed by atoms with E-state index < -0.39 is 31.4 Å². The zero-order valence-corrected chi connectivity index (χ0v) is 34.7. The van der Waals surface area contributed by atoms with Gasteiger partial charge < -0.3 is 59.0 Å². The van der Waals surface area contributed by atoms with E-state index in [1.807, 2.05) is 24.3 Å². The molecule has 0 aliphatic heterocycles. The van der Waals surface area contributed by atoms with E-state index in [9.17, 15) is 23.7 Å². The molecule has 2 rings (SSSR count). The van der Waals surface area contributed by atoms with Crippen molar-refractivity contribution in [3.05, 3.63) is 35.4 Å². The highest BCUT2D eigenvalue weighted by atomic mass is 31.2. The van der Waals surface area contributed by atoms with Crippen LogP contribution in [-0.4, -0.2) is 146 Å². The van der Waals surface area contributed by atoms with E-state index >= 15 is 0 Å². The van der Waals surface area contributed by atoms with Gasteiger partial charge in [-0.05, 0) is 43.2 Å². The number of rotatable bonds is 33. The van der Waals surface area contributed by atoms with Crippen molar-refractivity contribution in [1.82, 2.24) is 26.2 Å². The Bertz CT molecular complexity index is 1320. The van der Waals surface area contributed by atoms with E-state index in [1.54, 1.807) is 6.92 Å². The average Bonchev–Trinajstić information content (AvgIpc) is 3.23. The van der Waals surface area contributed by atoms with E-state index in [2.05, 4.69) is 35.8 Å². The number of ether oxygens (including phenoxy) is 3. The fraction of sp³-hybridized carbons (Fsp3) is 0.722. The monoisotopic (exact) mass is 848 g/mol. The van der Waals surface area contributed by atoms with E-state index in [0.29, 0.717) is 38.4 Å². The Balaban J connectivity index is 2.13. The molecule has 0 radical (unpaired) electrons. The summed E-state index contributed by atoms with van der Waals surface area (Å²) < 4.78 is 39.5. The number of hydrogen-bond donors (Lipinski definition) is 7. The molecular weight excluding hydrogens is 783 g/mol. The molecule has 0 saturated heterocycles. The van der Waals surface area contributed by atoms with Crippen LogP contribution in [0.4, 0.5) is 0 Å². The molecule has 332 valence electrons. The first kappa shape index (κ1) is 51.0. The minimum absolute atomic E-state index is 0.0660. The summed E-state index contributed by atoms with van der Waals surface area (Å²) in [7, 11) is -1.72. The normalized spacial score (nSPS) is 17.0. The molecule has 1 aromatic rings. The predicted molar refractivity (Wildman–Crippen MR) is 211 cm³/mol. The lowest BCUT2D eigenvalue weighted by Gasteiger charge is -2.30. The second-order valence-electron chi connectivity index (χ2n) is 13.3. The lowest BCUT2D eigenvalue weighted by atomic mass is 9.87. The molecule has 1 aromatic carbocycles. The molecule has 1 aliphatic rings. The Kier molecular flexibility index (Phi) is 27.1. The standard InChI is InChI=1S/C36H65N8O13P/c1-3-58(49,50-2)57-31-10-8-30(9-11-31)35(47)43-25-29-6-4-28(5-7-29)24-32(36(48)42-14-17-53-20-23-56-39)44(26-33(45)40-12-15-51-18-21-54-37)27-34(46)41-13-16-52-19-22-55-38/h4-7,30-32H,3,8-27,37-39H2,1-2H3,(H,40,45)(H,41,46)(H,42,48)(H,43,47)/t30-,31+,32-,58?/m0/s1. The maximum Gasteiger partial charge on any atom is 0.330 e. The largest absolute Gasteiger partial charge is 0.377 e. The topological polar surface area (TPSA) is 289 Å². The lowest BCUT2D eigenvalue weighted by Crippen LogP contribution is -2.54. The van der Waals surface area contributed by atoms with Crippen LogP contribution in [0.15, 0.2) is 24.3 Å². The van der Waals surface area contributed by atoms with Crippen LogP contribution in [0.3, 0.4) is 0 Å². The Labute approximate surface area is 340 Å². The van der Waals surface area contributed by atoms with Crippen molar-refractivity contribution in [3.8, 4) is 0 Å². The van der Waals surface area contributed by atoms with Crippen molar-refractivity contribution < 1.29 is 61.5 Å². The Morgan fingerprint density at radius 1 is 0.707 bits per heavy atom. The zero-order valence-electron chi connectivity index (χ0n) is 33.8. The number of nitrogens with one attached hydrogen (secondary N) is 4. The van der Waals surface area contributed by atoms with Gasteiger partial charge in [-0.1, -0.05) is 31.2 Å². The van der Waals surface area contributed by atoms with Gasteiger partial charge in [0.15, 0.2) is 0 Å². The molecule has 10 N–H and O–H groups in total. The summed E-state index contributed by atoms with van der Waals surface area (Å²) in [5.74, 6) is 13.5. The van der Waals surface area contributed by atoms with Crippen LogP contribution in [0.1, 0.15) is 43.7 Å². The van der Waals surface area contributed by atoms with Crippen molar-refractivity contribution in [2.75, 3.05) is 105 Å². The lowest BCUT2D eigenvalue weighted by molar-refractivity contribution is -0.132. The molecule has 0 heterocycles. The van der Waals surface area contributed by atoms with Crippen molar-refractivity contribution in [2.24, 2.45) is 23.6 Å². The van der Waals surface area contributed by atoms with Crippen LogP contribution in [0.5, 0.6) is 0 Å². The van der Waals surface area contributed by atoms with Crippen molar-refractivity contribution in [1.29, 1.82) is 0 Å². The van der Waals surface area contributed by atoms with Gasteiger partial charge in [-0.2, -0.15) is 0 Å². The van der Waals surface area contributed by atoms with Crippen molar-refractivity contribution >= 4 is 31.2 Å². The number of nitrogens with zero attached hydrogens (tertiary/aromatic N) is 1. The molecule has 2 atom stereocenters. The summed E-state index contributed by atoms with van der Waals surface area (Å²) in [5, 5.41) is 11.4. The van der Waals surface area contributed by atoms with Crippen LogP contribution >= 0.6 is 7.60 Å². The molecule has 21 nitrogen and oxygen atoms in total. The fourth-order valence-electron chi connectivity index (χ4n) is 5.92. The van der Waals surface area contributed by atoms with Gasteiger partial charge in [0, 0.05) is 45.4 Å². The third kappa shape index (κ3) is 21.7. The quantitative estimate of drug-likeness (QED) is 0.0254. The Morgan fingerprint density at radius 3 is 1.66 bits per heavy atom. The van der Waals surface area contributed by atoms with E-state index in [4.69, 9.17) is 40.9 Å². The van der Waals surface area contributed by atoms with Gasteiger partial charge in [0.1, 0.15) is 0 Å². The third-order valence-electron chi connectivity index (χ3n) is 9.10. The minimum Gasteiger partial charge on any atom is -0.377 e. The highest BCUT2D eigenvalue weighted by molar-refractivity contribution is 7.53. The first-order chi connectivity index (χ1) is 28.1. The van der Waals surface area contributed by atoms with Gasteiger partial charge in [0.2, 0.25) is 23.6 Å². The van der Waals surface area contributed by atoms with Crippen LogP contribution in [0.25, 0.3) is 0 Å². The molecule has 1 saturated carbocycles. The van der Waals surface area contributed by atoms with Crippen LogP contribution in [-0.2, 0) is 74.5 Å². The second kappa shape index (κ2) is 30.8. The molecule has 1 unspecified atom stereocenters. The summed E-state index contributed by atoms with van der Waals surface area (Å²) in [6, 6.07) is 6.42. The number of carbonyl (C=O) groups is 4. The van der Waals surface area contributed by atoms with Crippen LogP contribution in [0, 0.1) is 5.92 Å². The maximum absolute atomic E-state index is 13.8. The Hall–Kier alpha value is -3.15. The van der Waals surface area contributed by atoms with Gasteiger partial charge in [0.25, 0.3) is 0 Å². The smallest absolute Gasteiger partial charge is 0.330 e.